The van der Waals surface area contributed by atoms with Crippen LogP contribution >= 0.6 is 0 Å². The molecule has 6 aromatic rings. The van der Waals surface area contributed by atoms with Gasteiger partial charge in [0.1, 0.15) is 36.1 Å². The number of amides is 2. The normalized spacial score (nSPS) is 20.6. The van der Waals surface area contributed by atoms with Gasteiger partial charge in [0, 0.05) is 12.8 Å². The van der Waals surface area contributed by atoms with Crippen LogP contribution in [0.5, 0.6) is 0 Å². The van der Waals surface area contributed by atoms with Crippen molar-refractivity contribution >= 4 is 11.8 Å². The third kappa shape index (κ3) is 7.81. The molecule has 2 N–H and O–H groups in total. The van der Waals surface area contributed by atoms with E-state index in [2.05, 4.69) is 19.9 Å². The van der Waals surface area contributed by atoms with Gasteiger partial charge in [-0.15, -0.1) is 0 Å². The average molecular weight is 783 g/mol. The zero-order valence-corrected chi connectivity index (χ0v) is 33.1. The summed E-state index contributed by atoms with van der Waals surface area (Å²) in [7, 11) is 7.44. The number of imidazole rings is 2. The molecule has 0 saturated carbocycles. The van der Waals surface area contributed by atoms with Crippen LogP contribution < -0.4 is 0 Å². The smallest absolute Gasteiger partial charge is 0.245 e. The largest absolute Gasteiger partial charge is 0.340 e. The van der Waals surface area contributed by atoms with E-state index >= 15 is 0 Å². The Kier molecular flexibility index (Phi) is 11.0. The first-order valence-electron chi connectivity index (χ1n) is 19.7. The fraction of sp³-hybridized carbons (Fsp3) is 0.304. The lowest BCUT2D eigenvalue weighted by Crippen LogP contribution is -2.40. The highest BCUT2D eigenvalue weighted by Crippen LogP contribution is 2.38. The third-order valence-corrected chi connectivity index (χ3v) is 11.3. The van der Waals surface area contributed by atoms with Crippen LogP contribution in [0.25, 0.3) is 33.6 Å². The van der Waals surface area contributed by atoms with Crippen molar-refractivity contribution in [3.8, 4) is 33.6 Å². The quantitative estimate of drug-likeness (QED) is 0.138. The van der Waals surface area contributed by atoms with Crippen molar-refractivity contribution in [2.24, 2.45) is 0 Å². The van der Waals surface area contributed by atoms with Gasteiger partial charge in [0.05, 0.1) is 49.0 Å². The molecule has 0 spiro atoms. The molecular formula is C46H48F2N8O2. The van der Waals surface area contributed by atoms with E-state index in [1.54, 1.807) is 22.2 Å². The zero-order chi connectivity index (χ0) is 40.5. The summed E-state index contributed by atoms with van der Waals surface area (Å²) in [6, 6.07) is 33.3. The number of nitrogens with zero attached hydrogens (tertiary/aromatic N) is 6. The van der Waals surface area contributed by atoms with Gasteiger partial charge in [-0.3, -0.25) is 19.4 Å². The lowest BCUT2D eigenvalue weighted by atomic mass is 10.0. The number of hydrogen-bond donors (Lipinski definition) is 2. The van der Waals surface area contributed by atoms with Gasteiger partial charge >= 0.3 is 0 Å². The highest BCUT2D eigenvalue weighted by atomic mass is 19.1. The molecule has 12 heteroatoms. The second-order valence-electron chi connectivity index (χ2n) is 15.8. The Morgan fingerprint density at radius 3 is 1.26 bits per heavy atom. The van der Waals surface area contributed by atoms with Crippen LogP contribution in [0, 0.1) is 0 Å². The summed E-state index contributed by atoms with van der Waals surface area (Å²) in [4.78, 5) is 50.8. The summed E-state index contributed by atoms with van der Waals surface area (Å²) >= 11 is 0. The van der Waals surface area contributed by atoms with Crippen molar-refractivity contribution < 1.29 is 18.4 Å². The summed E-state index contributed by atoms with van der Waals surface area (Å²) in [5, 5.41) is 0. The van der Waals surface area contributed by atoms with Gasteiger partial charge in [-0.2, -0.15) is 0 Å². The summed E-state index contributed by atoms with van der Waals surface area (Å²) in [6.45, 7) is 0.0517. The average Bonchev–Trinajstić information content (AvgIpc) is 4.06. The predicted octanol–water partition coefficient (Wildman–Crippen LogP) is 7.96. The number of likely N-dealkylation sites (N-methyl/N-ethyl adjacent to an activating group) is 2. The van der Waals surface area contributed by atoms with E-state index in [-0.39, 0.29) is 37.7 Å². The number of hydrogen-bond acceptors (Lipinski definition) is 6. The fourth-order valence-corrected chi connectivity index (χ4v) is 8.47. The van der Waals surface area contributed by atoms with Crippen LogP contribution in [-0.4, -0.2) is 105 Å². The minimum Gasteiger partial charge on any atom is -0.340 e. The number of aromatic amines is 2. The maximum Gasteiger partial charge on any atom is 0.245 e. The molecule has 4 aromatic carbocycles. The summed E-state index contributed by atoms with van der Waals surface area (Å²) in [6.07, 6.45) is 1.58. The molecule has 0 radical (unpaired) electrons. The number of carbonyl (C=O) groups excluding carboxylic acids is 2. The molecule has 2 amide bonds. The molecule has 0 unspecified atom stereocenters. The topological polar surface area (TPSA) is 104 Å². The van der Waals surface area contributed by atoms with Crippen molar-refractivity contribution in [1.82, 2.24) is 39.5 Å². The van der Waals surface area contributed by atoms with E-state index in [1.165, 1.54) is 0 Å². The molecular weight excluding hydrogens is 735 g/mol. The molecule has 2 fully saturated rings. The molecule has 2 aromatic heterocycles. The van der Waals surface area contributed by atoms with E-state index in [0.717, 1.165) is 44.8 Å². The Bertz CT molecular complexity index is 2160. The fourth-order valence-electron chi connectivity index (χ4n) is 8.47. The molecule has 0 bridgehead atoms. The second kappa shape index (κ2) is 16.5. The zero-order valence-electron chi connectivity index (χ0n) is 33.1. The van der Waals surface area contributed by atoms with Crippen LogP contribution in [0.4, 0.5) is 8.78 Å². The van der Waals surface area contributed by atoms with Gasteiger partial charge in [0.25, 0.3) is 0 Å². The first-order valence-corrected chi connectivity index (χ1v) is 19.7. The van der Waals surface area contributed by atoms with Crippen molar-refractivity contribution in [3.05, 3.63) is 144 Å². The number of likely N-dealkylation sites (tertiary alicyclic amines) is 2. The van der Waals surface area contributed by atoms with E-state index in [9.17, 15) is 18.4 Å². The molecule has 8 rings (SSSR count). The van der Waals surface area contributed by atoms with Crippen molar-refractivity contribution in [1.29, 1.82) is 0 Å². The van der Waals surface area contributed by atoms with Gasteiger partial charge in [0.15, 0.2) is 0 Å². The maximum absolute atomic E-state index is 14.9. The van der Waals surface area contributed by atoms with Crippen LogP contribution in [0.1, 0.15) is 59.8 Å². The molecule has 58 heavy (non-hydrogen) atoms. The number of nitrogens with one attached hydrogen (secondary N) is 2. The van der Waals surface area contributed by atoms with E-state index in [4.69, 9.17) is 0 Å². The highest BCUT2D eigenvalue weighted by molar-refractivity contribution is 5.85. The van der Waals surface area contributed by atoms with Gasteiger partial charge in [-0.25, -0.2) is 18.7 Å². The number of halogens is 2. The number of benzene rings is 4. The van der Waals surface area contributed by atoms with Gasteiger partial charge in [0.2, 0.25) is 11.8 Å². The molecule has 298 valence electrons. The van der Waals surface area contributed by atoms with Crippen LogP contribution in [-0.2, 0) is 9.59 Å². The summed E-state index contributed by atoms with van der Waals surface area (Å²) in [5.74, 6) is 0.833. The molecule has 2 aliphatic heterocycles. The van der Waals surface area contributed by atoms with Crippen LogP contribution in [0.15, 0.2) is 122 Å². The first-order chi connectivity index (χ1) is 28.0. The Morgan fingerprint density at radius 2 is 0.914 bits per heavy atom. The molecule has 0 aliphatic carbocycles. The SMILES string of the molecule is CN(C)[C@@H](C(=O)N1C[C@@H](F)C[C@H]1c1ncc(-c2ccc(-c3ccc(-c4cnc([C@@H]5C[C@H](F)CN5C(=O)[C@@H](c5ccccc5)N(C)C)[nH]4)cc3)cc2)[nH]1)c1ccccc1. The molecule has 4 heterocycles. The molecule has 10 nitrogen and oxygen atoms in total. The van der Waals surface area contributed by atoms with Gasteiger partial charge in [-0.1, -0.05) is 109 Å². The monoisotopic (exact) mass is 782 g/mol. The molecule has 2 aliphatic rings. The Balaban J connectivity index is 0.946. The number of H-pyrrole nitrogens is 2. The summed E-state index contributed by atoms with van der Waals surface area (Å²) in [5.41, 5.74) is 7.17. The standard InChI is InChI=1S/C46H48F2N8O2/c1-53(2)41(33-11-7-5-8-12-33)45(57)55-27-35(47)23-39(55)43-49-25-37(51-43)31-19-15-29(16-20-31)30-17-21-32(22-18-30)38-26-50-44(52-38)40-24-36(48)28-56(40)46(58)42(54(3)4)34-13-9-6-10-14-34/h5-22,25-26,35-36,39-42H,23-24,27-28H2,1-4H3,(H,49,51)(H,50,52)/t35-,36-,39-,40-,41+,42+/m0/s1. The van der Waals surface area contributed by atoms with Crippen LogP contribution in [0.3, 0.4) is 0 Å². The van der Waals surface area contributed by atoms with Gasteiger partial charge < -0.3 is 19.8 Å². The van der Waals surface area contributed by atoms with E-state index in [1.807, 2.05) is 147 Å². The minimum absolute atomic E-state index is 0.0258. The highest BCUT2D eigenvalue weighted by Gasteiger charge is 2.43. The first kappa shape index (κ1) is 38.9. The number of aromatic nitrogens is 4. The van der Waals surface area contributed by atoms with E-state index in [0.29, 0.717) is 11.6 Å². The minimum atomic E-state index is -1.14. The van der Waals surface area contributed by atoms with Crippen molar-refractivity contribution in [3.63, 3.8) is 0 Å². The Hall–Kier alpha value is -5.98. The maximum atomic E-state index is 14.9. The van der Waals surface area contributed by atoms with Crippen LogP contribution in [0.2, 0.25) is 0 Å². The number of carbonyl (C=O) groups is 2. The van der Waals surface area contributed by atoms with Crippen molar-refractivity contribution in [2.45, 2.75) is 49.4 Å². The van der Waals surface area contributed by atoms with Crippen molar-refractivity contribution in [2.75, 3.05) is 41.3 Å². The summed E-state index contributed by atoms with van der Waals surface area (Å²) < 4.78 is 29.9. The lowest BCUT2D eigenvalue weighted by Gasteiger charge is -2.31. The van der Waals surface area contributed by atoms with Gasteiger partial charge in [-0.05, 0) is 61.6 Å². The van der Waals surface area contributed by atoms with E-state index < -0.39 is 36.5 Å². The number of rotatable bonds is 11. The Labute approximate surface area is 337 Å². The Morgan fingerprint density at radius 1 is 0.569 bits per heavy atom. The third-order valence-electron chi connectivity index (χ3n) is 11.3. The molecule has 6 atom stereocenters. The second-order valence-corrected chi connectivity index (χ2v) is 15.8. The number of alkyl halides is 2. The predicted molar refractivity (Wildman–Crippen MR) is 221 cm³/mol. The lowest BCUT2D eigenvalue weighted by molar-refractivity contribution is -0.138. The molecule has 2 saturated heterocycles.